The third-order valence-electron chi connectivity index (χ3n) is 3.04. The minimum atomic E-state index is 0.833. The van der Waals surface area contributed by atoms with Gasteiger partial charge >= 0.3 is 0 Å². The van der Waals surface area contributed by atoms with Gasteiger partial charge < -0.3 is 4.90 Å². The van der Waals surface area contributed by atoms with Crippen LogP contribution in [0.5, 0.6) is 0 Å². The molecule has 0 radical (unpaired) electrons. The Bertz CT molecular complexity index is 559. The topological polar surface area (TPSA) is 3.24 Å². The van der Waals surface area contributed by atoms with E-state index in [1.54, 1.807) is 0 Å². The van der Waals surface area contributed by atoms with E-state index in [1.165, 1.54) is 22.5 Å². The first-order valence-corrected chi connectivity index (χ1v) is 7.69. The molecule has 1 nitrogen and oxygen atoms in total. The van der Waals surface area contributed by atoms with Gasteiger partial charge in [-0.3, -0.25) is 0 Å². The molecule has 0 unspecified atom stereocenters. The second-order valence-corrected chi connectivity index (χ2v) is 5.74. The van der Waals surface area contributed by atoms with Gasteiger partial charge in [-0.15, -0.1) is 13.2 Å². The highest BCUT2D eigenvalue weighted by Crippen LogP contribution is 2.34. The highest BCUT2D eigenvalue weighted by atomic mass is 15.1. The lowest BCUT2D eigenvalue weighted by atomic mass is 10.1. The van der Waals surface area contributed by atoms with E-state index in [-0.39, 0.29) is 0 Å². The highest BCUT2D eigenvalue weighted by molar-refractivity contribution is 5.88. The van der Waals surface area contributed by atoms with Crippen LogP contribution in [0.4, 0.5) is 11.4 Å². The molecule has 2 aromatic rings. The van der Waals surface area contributed by atoms with Crippen LogP contribution in [0.15, 0.2) is 61.7 Å². The molecule has 0 fully saturated rings. The average molecular weight is 293 g/mol. The number of hydrogen-bond donors (Lipinski definition) is 0. The third-order valence-corrected chi connectivity index (χ3v) is 3.04. The van der Waals surface area contributed by atoms with E-state index in [0.717, 1.165) is 5.92 Å². The van der Waals surface area contributed by atoms with Crippen LogP contribution in [-0.4, -0.2) is 7.05 Å². The van der Waals surface area contributed by atoms with Crippen molar-refractivity contribution in [1.29, 1.82) is 0 Å². The SMILES string of the molecule is C=C.CC(C)C.CN1c2ccccc2C=Cc2ccccc21. The lowest BCUT2D eigenvalue weighted by Gasteiger charge is -2.21. The van der Waals surface area contributed by atoms with Gasteiger partial charge in [-0.1, -0.05) is 69.3 Å². The van der Waals surface area contributed by atoms with Crippen molar-refractivity contribution in [3.63, 3.8) is 0 Å². The molecule has 0 atom stereocenters. The van der Waals surface area contributed by atoms with E-state index in [4.69, 9.17) is 0 Å². The van der Waals surface area contributed by atoms with Gasteiger partial charge in [0.2, 0.25) is 0 Å². The molecule has 0 amide bonds. The van der Waals surface area contributed by atoms with E-state index in [0.29, 0.717) is 0 Å². The van der Waals surface area contributed by atoms with E-state index < -0.39 is 0 Å². The van der Waals surface area contributed by atoms with Crippen molar-refractivity contribution < 1.29 is 0 Å². The van der Waals surface area contributed by atoms with Gasteiger partial charge in [-0.05, 0) is 29.2 Å². The van der Waals surface area contributed by atoms with E-state index >= 15 is 0 Å². The lowest BCUT2D eigenvalue weighted by molar-refractivity contribution is 0.737. The molecular weight excluding hydrogens is 266 g/mol. The quantitative estimate of drug-likeness (QED) is 0.508. The zero-order chi connectivity index (χ0) is 16.5. The number of fused-ring (bicyclic) bond motifs is 2. The van der Waals surface area contributed by atoms with Crippen molar-refractivity contribution in [1.82, 2.24) is 0 Å². The molecule has 1 aliphatic heterocycles. The van der Waals surface area contributed by atoms with Crippen molar-refractivity contribution in [2.75, 3.05) is 11.9 Å². The van der Waals surface area contributed by atoms with E-state index in [1.807, 2.05) is 0 Å². The number of benzene rings is 2. The normalized spacial score (nSPS) is 11.2. The molecule has 0 N–H and O–H groups in total. The summed E-state index contributed by atoms with van der Waals surface area (Å²) in [5.41, 5.74) is 5.04. The Labute approximate surface area is 135 Å². The van der Waals surface area contributed by atoms with Crippen LogP contribution in [0, 0.1) is 5.92 Å². The molecule has 0 spiro atoms. The summed E-state index contributed by atoms with van der Waals surface area (Å²) in [7, 11) is 2.12. The molecule has 0 aromatic heterocycles. The van der Waals surface area contributed by atoms with Crippen LogP contribution >= 0.6 is 0 Å². The second-order valence-electron chi connectivity index (χ2n) is 5.74. The summed E-state index contributed by atoms with van der Waals surface area (Å²) in [6.07, 6.45) is 4.36. The summed E-state index contributed by atoms with van der Waals surface area (Å²) in [6.45, 7) is 12.5. The zero-order valence-corrected chi connectivity index (χ0v) is 14.2. The average Bonchev–Trinajstić information content (AvgIpc) is 2.67. The minimum absolute atomic E-state index is 0.833. The third kappa shape index (κ3) is 4.63. The molecule has 0 bridgehead atoms. The Morgan fingerprint density at radius 2 is 1.05 bits per heavy atom. The van der Waals surface area contributed by atoms with Crippen molar-refractivity contribution >= 4 is 23.5 Å². The van der Waals surface area contributed by atoms with Crippen molar-refractivity contribution in [2.45, 2.75) is 20.8 Å². The number of hydrogen-bond acceptors (Lipinski definition) is 1. The fourth-order valence-electron chi connectivity index (χ4n) is 2.18. The second kappa shape index (κ2) is 8.89. The van der Waals surface area contributed by atoms with Gasteiger partial charge in [0.15, 0.2) is 0 Å². The number of nitrogens with zero attached hydrogens (tertiary/aromatic N) is 1. The van der Waals surface area contributed by atoms with Crippen molar-refractivity contribution in [2.24, 2.45) is 5.92 Å². The van der Waals surface area contributed by atoms with Gasteiger partial charge in [-0.2, -0.15) is 0 Å². The Balaban J connectivity index is 0.000000354. The highest BCUT2D eigenvalue weighted by Gasteiger charge is 2.12. The summed E-state index contributed by atoms with van der Waals surface area (Å²) in [5, 5.41) is 0. The number of anilines is 2. The Morgan fingerprint density at radius 3 is 1.41 bits per heavy atom. The van der Waals surface area contributed by atoms with Gasteiger partial charge in [-0.25, -0.2) is 0 Å². The van der Waals surface area contributed by atoms with Gasteiger partial charge in [0.25, 0.3) is 0 Å². The first-order chi connectivity index (χ1) is 10.6. The largest absolute Gasteiger partial charge is 0.344 e. The van der Waals surface area contributed by atoms with Gasteiger partial charge in [0, 0.05) is 18.4 Å². The van der Waals surface area contributed by atoms with E-state index in [9.17, 15) is 0 Å². The lowest BCUT2D eigenvalue weighted by Crippen LogP contribution is -2.10. The maximum absolute atomic E-state index is 3.00. The van der Waals surface area contributed by atoms with E-state index in [2.05, 4.69) is 107 Å². The smallest absolute Gasteiger partial charge is 0.0481 e. The molecule has 1 heteroatoms. The first-order valence-electron chi connectivity index (χ1n) is 7.69. The zero-order valence-electron chi connectivity index (χ0n) is 14.2. The number of rotatable bonds is 0. The minimum Gasteiger partial charge on any atom is -0.344 e. The molecule has 3 rings (SSSR count). The first kappa shape index (κ1) is 17.8. The standard InChI is InChI=1S/C15H13N.C4H10.C2H4/c1-16-14-8-4-2-6-12(14)10-11-13-7-3-5-9-15(13)16;1-4(2)3;1-2/h2-11H,1H3;4H,1-3H3;1-2H2. The molecule has 0 saturated carbocycles. The van der Waals surface area contributed by atoms with Crippen LogP contribution in [0.1, 0.15) is 31.9 Å². The monoisotopic (exact) mass is 293 g/mol. The predicted molar refractivity (Wildman–Crippen MR) is 102 cm³/mol. The predicted octanol–water partition coefficient (Wildman–Crippen LogP) is 6.40. The molecular formula is C21H27N. The van der Waals surface area contributed by atoms with Gasteiger partial charge in [0.1, 0.15) is 0 Å². The van der Waals surface area contributed by atoms with Crippen LogP contribution in [-0.2, 0) is 0 Å². The summed E-state index contributed by atoms with van der Waals surface area (Å²) < 4.78 is 0. The maximum Gasteiger partial charge on any atom is 0.0481 e. The summed E-state index contributed by atoms with van der Waals surface area (Å²) in [5.74, 6) is 0.833. The molecule has 1 heterocycles. The van der Waals surface area contributed by atoms with Crippen LogP contribution in [0.2, 0.25) is 0 Å². The summed E-state index contributed by atoms with van der Waals surface area (Å²) in [6, 6.07) is 16.9. The van der Waals surface area contributed by atoms with Crippen LogP contribution in [0.3, 0.4) is 0 Å². The van der Waals surface area contributed by atoms with Crippen LogP contribution < -0.4 is 4.90 Å². The van der Waals surface area contributed by atoms with Crippen molar-refractivity contribution in [3.05, 3.63) is 72.8 Å². The summed E-state index contributed by atoms with van der Waals surface area (Å²) >= 11 is 0. The van der Waals surface area contributed by atoms with Gasteiger partial charge in [0.05, 0.1) is 0 Å². The Hall–Kier alpha value is -2.28. The molecule has 0 saturated heterocycles. The maximum atomic E-state index is 3.00. The molecule has 116 valence electrons. The fourth-order valence-corrected chi connectivity index (χ4v) is 2.18. The molecule has 2 aromatic carbocycles. The fraction of sp³-hybridized carbons (Fsp3) is 0.238. The Kier molecular flexibility index (Phi) is 7.18. The molecule has 22 heavy (non-hydrogen) atoms. The van der Waals surface area contributed by atoms with Crippen molar-refractivity contribution in [3.8, 4) is 0 Å². The summed E-state index contributed by atoms with van der Waals surface area (Å²) in [4.78, 5) is 2.24. The Morgan fingerprint density at radius 1 is 0.727 bits per heavy atom. The van der Waals surface area contributed by atoms with Crippen LogP contribution in [0.25, 0.3) is 12.2 Å². The number of para-hydroxylation sites is 2. The molecule has 0 aliphatic carbocycles. The molecule has 1 aliphatic rings.